The highest BCUT2D eigenvalue weighted by Crippen LogP contribution is 2.12. The van der Waals surface area contributed by atoms with E-state index >= 15 is 0 Å². The van der Waals surface area contributed by atoms with E-state index in [1.165, 1.54) is 77.0 Å². The van der Waals surface area contributed by atoms with Crippen molar-refractivity contribution in [1.29, 1.82) is 0 Å². The predicted octanol–water partition coefficient (Wildman–Crippen LogP) is 6.89. The van der Waals surface area contributed by atoms with E-state index in [0.717, 1.165) is 19.3 Å². The molecular weight excluding hydrogens is 272 g/mol. The molecule has 0 radical (unpaired) electrons. The molecule has 0 heterocycles. The SMILES string of the molecule is CCCCCCCCCCCCCC=CCCCCC(=O)O. The molecule has 0 bridgehead atoms. The van der Waals surface area contributed by atoms with Crippen LogP contribution >= 0.6 is 0 Å². The zero-order chi connectivity index (χ0) is 16.3. The minimum Gasteiger partial charge on any atom is -0.481 e. The van der Waals surface area contributed by atoms with Crippen molar-refractivity contribution in [1.82, 2.24) is 0 Å². The Kier molecular flexibility index (Phi) is 17.6. The van der Waals surface area contributed by atoms with Gasteiger partial charge in [0.25, 0.3) is 0 Å². The topological polar surface area (TPSA) is 37.3 Å². The first-order valence-corrected chi connectivity index (χ1v) is 9.64. The highest BCUT2D eigenvalue weighted by atomic mass is 16.4. The van der Waals surface area contributed by atoms with E-state index in [2.05, 4.69) is 19.1 Å². The fourth-order valence-electron chi connectivity index (χ4n) is 2.70. The lowest BCUT2D eigenvalue weighted by molar-refractivity contribution is -0.137. The Balaban J connectivity index is 3.06. The molecule has 0 fully saturated rings. The zero-order valence-corrected chi connectivity index (χ0v) is 14.8. The zero-order valence-electron chi connectivity index (χ0n) is 14.8. The Morgan fingerprint density at radius 1 is 0.682 bits per heavy atom. The van der Waals surface area contributed by atoms with E-state index in [1.807, 2.05) is 0 Å². The normalized spacial score (nSPS) is 11.3. The fraction of sp³-hybridized carbons (Fsp3) is 0.850. The van der Waals surface area contributed by atoms with E-state index < -0.39 is 5.97 Å². The van der Waals surface area contributed by atoms with E-state index in [-0.39, 0.29) is 0 Å². The molecule has 0 aliphatic carbocycles. The summed E-state index contributed by atoms with van der Waals surface area (Å²) in [5.41, 5.74) is 0. The monoisotopic (exact) mass is 310 g/mol. The summed E-state index contributed by atoms with van der Waals surface area (Å²) in [5, 5.41) is 8.52. The number of allylic oxidation sites excluding steroid dienone is 2. The van der Waals surface area contributed by atoms with Crippen LogP contribution in [0.15, 0.2) is 12.2 Å². The molecule has 0 unspecified atom stereocenters. The largest absolute Gasteiger partial charge is 0.481 e. The lowest BCUT2D eigenvalue weighted by Gasteiger charge is -2.01. The molecule has 130 valence electrons. The molecule has 0 amide bonds. The van der Waals surface area contributed by atoms with Gasteiger partial charge in [-0.25, -0.2) is 0 Å². The number of unbranched alkanes of at least 4 members (excludes halogenated alkanes) is 13. The molecule has 2 heteroatoms. The molecule has 0 aliphatic rings. The van der Waals surface area contributed by atoms with Crippen molar-refractivity contribution in [2.75, 3.05) is 0 Å². The van der Waals surface area contributed by atoms with Crippen molar-refractivity contribution in [2.24, 2.45) is 0 Å². The first-order chi connectivity index (χ1) is 10.8. The first kappa shape index (κ1) is 21.2. The van der Waals surface area contributed by atoms with Gasteiger partial charge < -0.3 is 5.11 Å². The van der Waals surface area contributed by atoms with Crippen LogP contribution in [-0.4, -0.2) is 11.1 Å². The van der Waals surface area contributed by atoms with E-state index in [1.54, 1.807) is 0 Å². The number of carboxylic acid groups (broad SMARTS) is 1. The van der Waals surface area contributed by atoms with Crippen LogP contribution in [0.4, 0.5) is 0 Å². The second-order valence-corrected chi connectivity index (χ2v) is 6.44. The van der Waals surface area contributed by atoms with Gasteiger partial charge in [-0.1, -0.05) is 83.3 Å². The third kappa shape index (κ3) is 19.2. The average Bonchev–Trinajstić information content (AvgIpc) is 2.50. The molecule has 1 N–H and O–H groups in total. The molecule has 0 aliphatic heterocycles. The van der Waals surface area contributed by atoms with Gasteiger partial charge in [-0.3, -0.25) is 4.79 Å². The van der Waals surface area contributed by atoms with Crippen LogP contribution in [0, 0.1) is 0 Å². The summed E-state index contributed by atoms with van der Waals surface area (Å²) in [6.45, 7) is 2.27. The van der Waals surface area contributed by atoms with Gasteiger partial charge in [0.05, 0.1) is 0 Å². The molecule has 22 heavy (non-hydrogen) atoms. The third-order valence-corrected chi connectivity index (χ3v) is 4.15. The molecule has 0 saturated heterocycles. The minimum atomic E-state index is -0.676. The van der Waals surface area contributed by atoms with Crippen molar-refractivity contribution in [2.45, 2.75) is 110 Å². The van der Waals surface area contributed by atoms with Crippen molar-refractivity contribution in [3.63, 3.8) is 0 Å². The molecule has 0 saturated carbocycles. The van der Waals surface area contributed by atoms with Gasteiger partial charge in [0.15, 0.2) is 0 Å². The fourth-order valence-corrected chi connectivity index (χ4v) is 2.70. The molecule has 0 atom stereocenters. The van der Waals surface area contributed by atoms with E-state index in [0.29, 0.717) is 6.42 Å². The van der Waals surface area contributed by atoms with Crippen LogP contribution in [0.5, 0.6) is 0 Å². The summed E-state index contributed by atoms with van der Waals surface area (Å²) in [6, 6.07) is 0. The number of aliphatic carboxylic acids is 1. The standard InChI is InChI=1S/C20H38O2/c1-2-3-4-5-6-7-8-9-10-11-12-13-14-15-16-17-18-19-20(21)22/h14-15H,2-13,16-19H2,1H3,(H,21,22). The Morgan fingerprint density at radius 2 is 1.09 bits per heavy atom. The van der Waals surface area contributed by atoms with Gasteiger partial charge >= 0.3 is 5.97 Å². The van der Waals surface area contributed by atoms with Crippen molar-refractivity contribution < 1.29 is 9.90 Å². The van der Waals surface area contributed by atoms with Crippen LogP contribution in [0.3, 0.4) is 0 Å². The van der Waals surface area contributed by atoms with Crippen molar-refractivity contribution in [3.8, 4) is 0 Å². The van der Waals surface area contributed by atoms with Crippen LogP contribution in [0.1, 0.15) is 110 Å². The molecule has 0 aromatic carbocycles. The lowest BCUT2D eigenvalue weighted by atomic mass is 10.1. The highest BCUT2D eigenvalue weighted by Gasteiger charge is 1.94. The van der Waals surface area contributed by atoms with Gasteiger partial charge in [-0.05, 0) is 32.1 Å². The maximum Gasteiger partial charge on any atom is 0.303 e. The maximum absolute atomic E-state index is 10.3. The average molecular weight is 311 g/mol. The van der Waals surface area contributed by atoms with E-state index in [4.69, 9.17) is 5.11 Å². The Bertz CT molecular complexity index is 258. The first-order valence-electron chi connectivity index (χ1n) is 9.64. The number of hydrogen-bond acceptors (Lipinski definition) is 1. The van der Waals surface area contributed by atoms with Crippen molar-refractivity contribution in [3.05, 3.63) is 12.2 Å². The third-order valence-electron chi connectivity index (χ3n) is 4.15. The van der Waals surface area contributed by atoms with Crippen LogP contribution < -0.4 is 0 Å². The maximum atomic E-state index is 10.3. The lowest BCUT2D eigenvalue weighted by Crippen LogP contribution is -1.92. The van der Waals surface area contributed by atoms with E-state index in [9.17, 15) is 4.79 Å². The summed E-state index contributed by atoms with van der Waals surface area (Å²) in [7, 11) is 0. The van der Waals surface area contributed by atoms with Crippen LogP contribution in [0.25, 0.3) is 0 Å². The second-order valence-electron chi connectivity index (χ2n) is 6.44. The number of rotatable bonds is 17. The van der Waals surface area contributed by atoms with Gasteiger partial charge in [-0.15, -0.1) is 0 Å². The van der Waals surface area contributed by atoms with Crippen LogP contribution in [-0.2, 0) is 4.79 Å². The summed E-state index contributed by atoms with van der Waals surface area (Å²) in [4.78, 5) is 10.3. The second kappa shape index (κ2) is 18.3. The molecular formula is C20H38O2. The summed E-state index contributed by atoms with van der Waals surface area (Å²) in [6.07, 6.45) is 24.2. The minimum absolute atomic E-state index is 0.312. The number of hydrogen-bond donors (Lipinski definition) is 1. The van der Waals surface area contributed by atoms with Gasteiger partial charge in [0.1, 0.15) is 0 Å². The summed E-state index contributed by atoms with van der Waals surface area (Å²) < 4.78 is 0. The highest BCUT2D eigenvalue weighted by molar-refractivity contribution is 5.66. The Morgan fingerprint density at radius 3 is 1.55 bits per heavy atom. The molecule has 2 nitrogen and oxygen atoms in total. The predicted molar refractivity (Wildman–Crippen MR) is 96.3 cm³/mol. The molecule has 0 spiro atoms. The van der Waals surface area contributed by atoms with Crippen LogP contribution in [0.2, 0.25) is 0 Å². The summed E-state index contributed by atoms with van der Waals surface area (Å²) in [5.74, 6) is -0.676. The van der Waals surface area contributed by atoms with Gasteiger partial charge in [0.2, 0.25) is 0 Å². The Labute approximate surface area is 138 Å². The Hall–Kier alpha value is -0.790. The number of carboxylic acids is 1. The van der Waals surface area contributed by atoms with Crippen molar-refractivity contribution >= 4 is 5.97 Å². The molecule has 0 aromatic rings. The smallest absolute Gasteiger partial charge is 0.303 e. The summed E-state index contributed by atoms with van der Waals surface area (Å²) >= 11 is 0. The van der Waals surface area contributed by atoms with Gasteiger partial charge in [-0.2, -0.15) is 0 Å². The van der Waals surface area contributed by atoms with Gasteiger partial charge in [0, 0.05) is 6.42 Å². The molecule has 0 rings (SSSR count). The number of carbonyl (C=O) groups is 1. The molecule has 0 aromatic heterocycles. The quantitative estimate of drug-likeness (QED) is 0.234.